The molecule has 5 nitrogen and oxygen atoms in total. The summed E-state index contributed by atoms with van der Waals surface area (Å²) >= 11 is 0. The van der Waals surface area contributed by atoms with Crippen LogP contribution in [0.5, 0.6) is 0 Å². The molecule has 2 aliphatic rings. The number of nitrogens with one attached hydrogen (secondary N) is 2. The summed E-state index contributed by atoms with van der Waals surface area (Å²) in [5, 5.41) is 10.9. The molecular weight excluding hydrogens is 252 g/mol. The average molecular weight is 276 g/mol. The first kappa shape index (κ1) is 13.6. The summed E-state index contributed by atoms with van der Waals surface area (Å²) in [6.07, 6.45) is 9.27. The number of hydrogen-bond donors (Lipinski definition) is 2. The van der Waals surface area contributed by atoms with E-state index in [9.17, 15) is 4.79 Å². The van der Waals surface area contributed by atoms with E-state index in [0.29, 0.717) is 24.4 Å². The molecule has 110 valence electrons. The molecular formula is C15H24N4O. The highest BCUT2D eigenvalue weighted by molar-refractivity contribution is 5.76. The summed E-state index contributed by atoms with van der Waals surface area (Å²) < 4.78 is 1.86. The lowest BCUT2D eigenvalue weighted by Gasteiger charge is -2.29. The molecule has 2 aliphatic heterocycles. The lowest BCUT2D eigenvalue weighted by Crippen LogP contribution is -2.41. The summed E-state index contributed by atoms with van der Waals surface area (Å²) in [5.41, 5.74) is 0. The molecule has 3 unspecified atom stereocenters. The second-order valence-corrected chi connectivity index (χ2v) is 6.38. The van der Waals surface area contributed by atoms with E-state index in [1.165, 1.54) is 12.8 Å². The normalized spacial score (nSPS) is 30.1. The Hall–Kier alpha value is -1.36. The van der Waals surface area contributed by atoms with Crippen molar-refractivity contribution in [2.45, 2.75) is 63.7 Å². The van der Waals surface area contributed by atoms with Gasteiger partial charge in [-0.05, 0) is 44.6 Å². The molecule has 2 N–H and O–H groups in total. The quantitative estimate of drug-likeness (QED) is 0.852. The minimum Gasteiger partial charge on any atom is -0.352 e. The number of fused-ring (bicyclic) bond motifs is 2. The predicted molar refractivity (Wildman–Crippen MR) is 77.1 cm³/mol. The number of aromatic nitrogens is 2. The first-order chi connectivity index (χ1) is 9.69. The minimum atomic E-state index is 0.126. The second-order valence-electron chi connectivity index (χ2n) is 6.38. The molecule has 2 fully saturated rings. The van der Waals surface area contributed by atoms with Gasteiger partial charge in [0.05, 0.1) is 6.54 Å². The van der Waals surface area contributed by atoms with Crippen LogP contribution in [-0.2, 0) is 11.3 Å². The van der Waals surface area contributed by atoms with Gasteiger partial charge in [0.15, 0.2) is 0 Å². The number of hydrogen-bond acceptors (Lipinski definition) is 3. The minimum absolute atomic E-state index is 0.126. The van der Waals surface area contributed by atoms with Gasteiger partial charge in [0.1, 0.15) is 0 Å². The van der Waals surface area contributed by atoms with Crippen LogP contribution in [0.3, 0.4) is 0 Å². The van der Waals surface area contributed by atoms with E-state index in [1.54, 1.807) is 6.20 Å². The Morgan fingerprint density at radius 1 is 1.45 bits per heavy atom. The summed E-state index contributed by atoms with van der Waals surface area (Å²) in [4.78, 5) is 12.1. The van der Waals surface area contributed by atoms with E-state index < -0.39 is 0 Å². The topological polar surface area (TPSA) is 59.0 Å². The van der Waals surface area contributed by atoms with Gasteiger partial charge in [-0.15, -0.1) is 0 Å². The van der Waals surface area contributed by atoms with Crippen molar-refractivity contribution in [3.8, 4) is 0 Å². The van der Waals surface area contributed by atoms with E-state index in [2.05, 4.69) is 15.7 Å². The van der Waals surface area contributed by atoms with Gasteiger partial charge in [0, 0.05) is 36.9 Å². The third-order valence-corrected chi connectivity index (χ3v) is 4.47. The highest BCUT2D eigenvalue weighted by Gasteiger charge is 2.34. The molecule has 0 spiro atoms. The van der Waals surface area contributed by atoms with E-state index in [-0.39, 0.29) is 11.9 Å². The van der Waals surface area contributed by atoms with Gasteiger partial charge in [0.2, 0.25) is 5.91 Å². The summed E-state index contributed by atoms with van der Waals surface area (Å²) in [6.45, 7) is 2.77. The second kappa shape index (κ2) is 5.95. The molecule has 0 aromatic carbocycles. The molecule has 2 saturated heterocycles. The van der Waals surface area contributed by atoms with Crippen molar-refractivity contribution in [2.75, 3.05) is 0 Å². The maximum Gasteiger partial charge on any atom is 0.220 e. The van der Waals surface area contributed by atoms with Gasteiger partial charge in [0.25, 0.3) is 0 Å². The first-order valence-electron chi connectivity index (χ1n) is 7.72. The third kappa shape index (κ3) is 3.39. The van der Waals surface area contributed by atoms with Crippen LogP contribution in [0, 0.1) is 5.92 Å². The number of piperidine rings is 1. The van der Waals surface area contributed by atoms with Crippen molar-refractivity contribution < 1.29 is 4.79 Å². The van der Waals surface area contributed by atoms with Crippen LogP contribution in [0.2, 0.25) is 0 Å². The molecule has 3 rings (SSSR count). The predicted octanol–water partition coefficient (Wildman–Crippen LogP) is 1.31. The van der Waals surface area contributed by atoms with Crippen LogP contribution >= 0.6 is 0 Å². The van der Waals surface area contributed by atoms with Crippen LogP contribution in [-0.4, -0.2) is 33.8 Å². The molecule has 0 aliphatic carbocycles. The zero-order valence-corrected chi connectivity index (χ0v) is 12.1. The summed E-state index contributed by atoms with van der Waals surface area (Å²) in [6, 6.07) is 3.35. The Morgan fingerprint density at radius 2 is 2.20 bits per heavy atom. The Morgan fingerprint density at radius 3 is 2.85 bits per heavy atom. The van der Waals surface area contributed by atoms with Gasteiger partial charge < -0.3 is 10.6 Å². The molecule has 1 aromatic heterocycles. The van der Waals surface area contributed by atoms with Gasteiger partial charge in [-0.3, -0.25) is 9.48 Å². The molecule has 3 atom stereocenters. The Balaban J connectivity index is 1.42. The van der Waals surface area contributed by atoms with Crippen LogP contribution in [0.15, 0.2) is 18.5 Å². The molecule has 1 amide bonds. The lowest BCUT2D eigenvalue weighted by molar-refractivity contribution is -0.123. The van der Waals surface area contributed by atoms with E-state index >= 15 is 0 Å². The van der Waals surface area contributed by atoms with Gasteiger partial charge >= 0.3 is 0 Å². The lowest BCUT2D eigenvalue weighted by atomic mass is 9.89. The van der Waals surface area contributed by atoms with E-state index in [1.807, 2.05) is 23.9 Å². The average Bonchev–Trinajstić information content (AvgIpc) is 2.99. The fraction of sp³-hybridized carbons (Fsp3) is 0.733. The third-order valence-electron chi connectivity index (χ3n) is 4.47. The van der Waals surface area contributed by atoms with Crippen LogP contribution < -0.4 is 10.6 Å². The van der Waals surface area contributed by atoms with Gasteiger partial charge in [-0.25, -0.2) is 0 Å². The fourth-order valence-electron chi connectivity index (χ4n) is 3.67. The van der Waals surface area contributed by atoms with Crippen molar-refractivity contribution in [3.05, 3.63) is 18.5 Å². The van der Waals surface area contributed by atoms with Crippen molar-refractivity contribution in [1.29, 1.82) is 0 Å². The zero-order chi connectivity index (χ0) is 13.9. The Kier molecular flexibility index (Phi) is 4.05. The molecule has 1 aromatic rings. The highest BCUT2D eigenvalue weighted by Crippen LogP contribution is 2.32. The van der Waals surface area contributed by atoms with Crippen molar-refractivity contribution in [1.82, 2.24) is 20.4 Å². The highest BCUT2D eigenvalue weighted by atomic mass is 16.1. The van der Waals surface area contributed by atoms with Crippen molar-refractivity contribution >= 4 is 5.91 Å². The number of amides is 1. The Bertz CT molecular complexity index is 433. The summed E-state index contributed by atoms with van der Waals surface area (Å²) in [5.74, 6) is 0.751. The van der Waals surface area contributed by atoms with Crippen molar-refractivity contribution in [3.63, 3.8) is 0 Å². The number of rotatable bonds is 5. The van der Waals surface area contributed by atoms with Gasteiger partial charge in [-0.1, -0.05) is 0 Å². The molecule has 20 heavy (non-hydrogen) atoms. The van der Waals surface area contributed by atoms with Crippen LogP contribution in [0.4, 0.5) is 0 Å². The van der Waals surface area contributed by atoms with E-state index in [4.69, 9.17) is 0 Å². The molecule has 3 heterocycles. The van der Waals surface area contributed by atoms with E-state index in [0.717, 1.165) is 19.4 Å². The first-order valence-corrected chi connectivity index (χ1v) is 7.72. The number of nitrogens with zero attached hydrogens (tertiary/aromatic N) is 2. The molecule has 0 saturated carbocycles. The molecule has 0 radical (unpaired) electrons. The number of carbonyl (C=O) groups is 1. The molecule has 5 heteroatoms. The fourth-order valence-corrected chi connectivity index (χ4v) is 3.67. The maximum absolute atomic E-state index is 12.1. The maximum atomic E-state index is 12.1. The zero-order valence-electron chi connectivity index (χ0n) is 12.1. The smallest absolute Gasteiger partial charge is 0.220 e. The van der Waals surface area contributed by atoms with Crippen molar-refractivity contribution in [2.24, 2.45) is 5.92 Å². The Labute approximate surface area is 120 Å². The SMILES string of the molecule is CC(Cn1cccn1)NC(=O)CC1CC2CCC(C1)N2. The van der Waals surface area contributed by atoms with Crippen LogP contribution in [0.25, 0.3) is 0 Å². The standard InChI is InChI=1S/C15H24N4O/c1-11(10-19-6-2-5-16-19)17-15(20)9-12-7-13-3-4-14(8-12)18-13/h2,5-6,11-14,18H,3-4,7-10H2,1H3,(H,17,20). The molecule has 2 bridgehead atoms. The van der Waals surface area contributed by atoms with Gasteiger partial charge in [-0.2, -0.15) is 5.10 Å². The number of carbonyl (C=O) groups excluding carboxylic acids is 1. The monoisotopic (exact) mass is 276 g/mol. The van der Waals surface area contributed by atoms with Crippen LogP contribution in [0.1, 0.15) is 39.0 Å². The summed E-state index contributed by atoms with van der Waals surface area (Å²) in [7, 11) is 0. The largest absolute Gasteiger partial charge is 0.352 e.